The molecule has 1 aliphatic heterocycles. The highest BCUT2D eigenvalue weighted by atomic mass is 16.5. The van der Waals surface area contributed by atoms with Crippen molar-refractivity contribution < 1.29 is 9.32 Å². The number of rotatable bonds is 5. The van der Waals surface area contributed by atoms with Crippen LogP contribution >= 0.6 is 0 Å². The normalized spacial score (nSPS) is 16.8. The molecule has 0 atom stereocenters. The molecule has 1 aromatic rings. The number of nitrogens with zero attached hydrogens (tertiary/aromatic N) is 4. The molecule has 1 fully saturated rings. The minimum Gasteiger partial charge on any atom is -0.342 e. The molecular weight excluding hydrogens is 256 g/mol. The maximum absolute atomic E-state index is 10.7. The summed E-state index contributed by atoms with van der Waals surface area (Å²) in [5.41, 5.74) is 0.851. The molecule has 0 bridgehead atoms. The Morgan fingerprint density at radius 1 is 1.35 bits per heavy atom. The first-order valence-corrected chi connectivity index (χ1v) is 6.52. The van der Waals surface area contributed by atoms with Gasteiger partial charge < -0.3 is 14.3 Å². The van der Waals surface area contributed by atoms with E-state index in [0.717, 1.165) is 12.0 Å². The number of hydrogen-bond donors (Lipinski definition) is 0. The first kappa shape index (κ1) is 14.0. The Hall–Kier alpha value is -2.37. The summed E-state index contributed by atoms with van der Waals surface area (Å²) < 4.78 is 5.30. The van der Waals surface area contributed by atoms with E-state index in [0.29, 0.717) is 38.0 Å². The second kappa shape index (κ2) is 6.70. The van der Waals surface area contributed by atoms with E-state index in [2.05, 4.69) is 16.7 Å². The zero-order chi connectivity index (χ0) is 14.4. The number of piperazine rings is 1. The third-order valence-electron chi connectivity index (χ3n) is 3.05. The molecule has 1 aliphatic rings. The van der Waals surface area contributed by atoms with Crippen LogP contribution in [0.5, 0.6) is 0 Å². The zero-order valence-corrected chi connectivity index (χ0v) is 11.5. The van der Waals surface area contributed by atoms with Gasteiger partial charge in [0.15, 0.2) is 0 Å². The topological polar surface area (TPSA) is 62.5 Å². The Morgan fingerprint density at radius 3 is 2.70 bits per heavy atom. The van der Waals surface area contributed by atoms with E-state index in [-0.39, 0.29) is 0 Å². The summed E-state index contributed by atoms with van der Waals surface area (Å²) in [6, 6.07) is 0.491. The maximum Gasteiger partial charge on any atom is 0.324 e. The molecular formula is C14H18N4O2. The molecule has 0 aliphatic carbocycles. The number of carbonyl (C=O) groups is 1. The molecule has 106 valence electrons. The van der Waals surface area contributed by atoms with Gasteiger partial charge in [0.25, 0.3) is 0 Å². The minimum atomic E-state index is 0.491. The van der Waals surface area contributed by atoms with Crippen LogP contribution in [0.4, 0.5) is 6.01 Å². The molecule has 0 aromatic carbocycles. The standard InChI is InChI=1S/C14H18N4O2/c1-3-5-12(6-4-2)13-15-14(20-16-13)18-9-7-17(11-19)8-10-18/h3-6,11H,1,7-10H2,2H3/b6-4-,12-5+. The van der Waals surface area contributed by atoms with Crippen molar-refractivity contribution in [3.63, 3.8) is 0 Å². The SMILES string of the molecule is C=C/C=C(\C=C/C)c1noc(N2CCN(C=O)CC2)n1. The molecule has 6 nitrogen and oxygen atoms in total. The van der Waals surface area contributed by atoms with E-state index in [4.69, 9.17) is 4.52 Å². The van der Waals surface area contributed by atoms with Gasteiger partial charge in [0.2, 0.25) is 12.2 Å². The lowest BCUT2D eigenvalue weighted by Crippen LogP contribution is -2.45. The van der Waals surface area contributed by atoms with Crippen LogP contribution < -0.4 is 4.90 Å². The lowest BCUT2D eigenvalue weighted by atomic mass is 10.2. The number of amides is 1. The molecule has 6 heteroatoms. The van der Waals surface area contributed by atoms with Crippen LogP contribution in [0.2, 0.25) is 0 Å². The lowest BCUT2D eigenvalue weighted by molar-refractivity contribution is -0.118. The van der Waals surface area contributed by atoms with E-state index in [1.807, 2.05) is 30.1 Å². The lowest BCUT2D eigenvalue weighted by Gasteiger charge is -2.30. The smallest absolute Gasteiger partial charge is 0.324 e. The number of hydrogen-bond acceptors (Lipinski definition) is 5. The fraction of sp³-hybridized carbons (Fsp3) is 0.357. The second-order valence-corrected chi connectivity index (χ2v) is 4.39. The molecule has 20 heavy (non-hydrogen) atoms. The summed E-state index contributed by atoms with van der Waals surface area (Å²) in [6.45, 7) is 8.35. The van der Waals surface area contributed by atoms with E-state index >= 15 is 0 Å². The van der Waals surface area contributed by atoms with Gasteiger partial charge >= 0.3 is 6.01 Å². The zero-order valence-electron chi connectivity index (χ0n) is 11.5. The molecule has 1 saturated heterocycles. The van der Waals surface area contributed by atoms with Crippen molar-refractivity contribution in [2.24, 2.45) is 0 Å². The third kappa shape index (κ3) is 3.14. The molecule has 0 unspecified atom stereocenters. The fourth-order valence-electron chi connectivity index (χ4n) is 1.99. The molecule has 0 saturated carbocycles. The number of carbonyl (C=O) groups excluding carboxylic acids is 1. The van der Waals surface area contributed by atoms with Gasteiger partial charge in [0, 0.05) is 31.8 Å². The summed E-state index contributed by atoms with van der Waals surface area (Å²) in [7, 11) is 0. The Labute approximate surface area is 118 Å². The van der Waals surface area contributed by atoms with Crippen molar-refractivity contribution in [2.75, 3.05) is 31.1 Å². The van der Waals surface area contributed by atoms with Gasteiger partial charge in [-0.25, -0.2) is 0 Å². The molecule has 0 radical (unpaired) electrons. The molecule has 1 amide bonds. The van der Waals surface area contributed by atoms with Crippen LogP contribution in [0.25, 0.3) is 5.57 Å². The molecule has 1 aromatic heterocycles. The van der Waals surface area contributed by atoms with Gasteiger partial charge in [0.05, 0.1) is 0 Å². The predicted molar refractivity (Wildman–Crippen MR) is 77.1 cm³/mol. The summed E-state index contributed by atoms with van der Waals surface area (Å²) >= 11 is 0. The van der Waals surface area contributed by atoms with Gasteiger partial charge in [-0.3, -0.25) is 4.79 Å². The highest BCUT2D eigenvalue weighted by molar-refractivity contribution is 5.70. The number of aromatic nitrogens is 2. The Kier molecular flexibility index (Phi) is 4.70. The molecule has 0 spiro atoms. The van der Waals surface area contributed by atoms with Gasteiger partial charge in [0.1, 0.15) is 0 Å². The molecule has 2 heterocycles. The second-order valence-electron chi connectivity index (χ2n) is 4.39. The summed E-state index contributed by atoms with van der Waals surface area (Å²) in [5, 5.41) is 3.99. The highest BCUT2D eigenvalue weighted by Crippen LogP contribution is 2.18. The largest absolute Gasteiger partial charge is 0.342 e. The number of allylic oxidation sites excluding steroid dienone is 5. The van der Waals surface area contributed by atoms with Crippen LogP contribution in [0.15, 0.2) is 35.4 Å². The fourth-order valence-corrected chi connectivity index (χ4v) is 1.99. The van der Waals surface area contributed by atoms with Gasteiger partial charge in [-0.1, -0.05) is 36.0 Å². The average molecular weight is 274 g/mol. The van der Waals surface area contributed by atoms with Crippen molar-refractivity contribution in [3.05, 3.63) is 36.7 Å². The van der Waals surface area contributed by atoms with Crippen molar-refractivity contribution >= 4 is 18.0 Å². The van der Waals surface area contributed by atoms with Crippen molar-refractivity contribution in [3.8, 4) is 0 Å². The van der Waals surface area contributed by atoms with Crippen molar-refractivity contribution in [1.29, 1.82) is 0 Å². The quantitative estimate of drug-likeness (QED) is 0.601. The van der Waals surface area contributed by atoms with Crippen LogP contribution in [0.3, 0.4) is 0 Å². The van der Waals surface area contributed by atoms with Gasteiger partial charge in [-0.15, -0.1) is 0 Å². The summed E-state index contributed by atoms with van der Waals surface area (Å²) in [4.78, 5) is 18.8. The van der Waals surface area contributed by atoms with Crippen LogP contribution in [0, 0.1) is 0 Å². The average Bonchev–Trinajstić information content (AvgIpc) is 2.97. The van der Waals surface area contributed by atoms with E-state index < -0.39 is 0 Å². The van der Waals surface area contributed by atoms with Gasteiger partial charge in [-0.2, -0.15) is 4.98 Å². The summed E-state index contributed by atoms with van der Waals surface area (Å²) in [5.74, 6) is 0.538. The Morgan fingerprint density at radius 2 is 2.10 bits per heavy atom. The highest BCUT2D eigenvalue weighted by Gasteiger charge is 2.20. The Bertz CT molecular complexity index is 525. The van der Waals surface area contributed by atoms with Crippen LogP contribution in [0.1, 0.15) is 12.7 Å². The maximum atomic E-state index is 10.7. The minimum absolute atomic E-state index is 0.491. The van der Waals surface area contributed by atoms with Crippen LogP contribution in [-0.2, 0) is 4.79 Å². The van der Waals surface area contributed by atoms with Crippen LogP contribution in [-0.4, -0.2) is 47.6 Å². The van der Waals surface area contributed by atoms with E-state index in [9.17, 15) is 4.79 Å². The summed E-state index contributed by atoms with van der Waals surface area (Å²) in [6.07, 6.45) is 8.20. The van der Waals surface area contributed by atoms with E-state index in [1.165, 1.54) is 0 Å². The van der Waals surface area contributed by atoms with Crippen molar-refractivity contribution in [2.45, 2.75) is 6.92 Å². The van der Waals surface area contributed by atoms with E-state index in [1.54, 1.807) is 11.0 Å². The van der Waals surface area contributed by atoms with Crippen molar-refractivity contribution in [1.82, 2.24) is 15.0 Å². The van der Waals surface area contributed by atoms with Gasteiger partial charge in [-0.05, 0) is 6.92 Å². The first-order chi connectivity index (χ1) is 9.78. The predicted octanol–water partition coefficient (Wildman–Crippen LogP) is 1.49. The first-order valence-electron chi connectivity index (χ1n) is 6.52. The number of anilines is 1. The molecule has 0 N–H and O–H groups in total. The third-order valence-corrected chi connectivity index (χ3v) is 3.05. The molecule has 2 rings (SSSR count). The monoisotopic (exact) mass is 274 g/mol. The Balaban J connectivity index is 2.11.